The summed E-state index contributed by atoms with van der Waals surface area (Å²) in [5.41, 5.74) is 2.91. The first-order valence-corrected chi connectivity index (χ1v) is 11.9. The predicted molar refractivity (Wildman–Crippen MR) is 129 cm³/mol. The molecule has 0 fully saturated rings. The summed E-state index contributed by atoms with van der Waals surface area (Å²) >= 11 is 0. The van der Waals surface area contributed by atoms with E-state index in [4.69, 9.17) is 9.97 Å². The normalized spacial score (nSPS) is 11.5. The lowest BCUT2D eigenvalue weighted by molar-refractivity contribution is 1.21. The fourth-order valence-electron chi connectivity index (χ4n) is 4.12. The van der Waals surface area contributed by atoms with Crippen LogP contribution < -0.4 is 21.5 Å². The Morgan fingerprint density at radius 1 is 0.500 bits per heavy atom. The monoisotopic (exact) mass is 405 g/mol. The van der Waals surface area contributed by atoms with Crippen LogP contribution in [0, 0.1) is 6.92 Å². The van der Waals surface area contributed by atoms with Crippen molar-refractivity contribution >= 4 is 39.6 Å². The molecular weight excluding hydrogens is 383 g/mol. The van der Waals surface area contributed by atoms with Gasteiger partial charge in [-0.1, -0.05) is 72.8 Å². The maximum atomic E-state index is 5.18. The molecule has 144 valence electrons. The molecule has 0 saturated carbocycles. The Balaban J connectivity index is 1.95. The van der Waals surface area contributed by atoms with Crippen molar-refractivity contribution in [3.8, 4) is 0 Å². The first-order chi connectivity index (χ1) is 14.8. The Hall–Kier alpha value is -3.35. The Kier molecular flexibility index (Phi) is 4.86. The maximum Gasteiger partial charge on any atom is 0.293 e. The second-order valence-electron chi connectivity index (χ2n) is 7.30. The molecule has 0 spiro atoms. The Morgan fingerprint density at radius 2 is 0.933 bits per heavy atom. The van der Waals surface area contributed by atoms with E-state index in [0.717, 1.165) is 22.2 Å². The van der Waals surface area contributed by atoms with Gasteiger partial charge in [-0.05, 0) is 49.4 Å². The van der Waals surface area contributed by atoms with Gasteiger partial charge in [-0.3, -0.25) is 0 Å². The summed E-state index contributed by atoms with van der Waals surface area (Å²) in [5.74, 6) is 0. The van der Waals surface area contributed by atoms with E-state index in [9.17, 15) is 0 Å². The number of aromatic nitrogens is 2. The quantitative estimate of drug-likeness (QED) is 0.410. The summed E-state index contributed by atoms with van der Waals surface area (Å²) in [7, 11) is -2.26. The van der Waals surface area contributed by atoms with Crippen molar-refractivity contribution < 1.29 is 0 Å². The van der Waals surface area contributed by atoms with Crippen LogP contribution in [0.2, 0.25) is 0 Å². The van der Waals surface area contributed by atoms with Crippen LogP contribution in [-0.2, 0) is 0 Å². The molecule has 0 aliphatic carbocycles. The van der Waals surface area contributed by atoms with Gasteiger partial charge < -0.3 is 0 Å². The van der Waals surface area contributed by atoms with Gasteiger partial charge in [0, 0.05) is 5.39 Å². The minimum Gasteiger partial charge on any atom is -0.200 e. The third-order valence-corrected chi connectivity index (χ3v) is 9.53. The van der Waals surface area contributed by atoms with Crippen LogP contribution in [-0.4, -0.2) is 9.97 Å². The number of benzene rings is 4. The van der Waals surface area contributed by atoms with E-state index in [1.54, 1.807) is 0 Å². The summed E-state index contributed by atoms with van der Waals surface area (Å²) in [4.78, 5) is 10.3. The lowest BCUT2D eigenvalue weighted by Crippen LogP contribution is -2.41. The number of aryl methyl sites for hydroxylation is 1. The van der Waals surface area contributed by atoms with Crippen molar-refractivity contribution in [2.75, 3.05) is 0 Å². The molecule has 2 nitrogen and oxygen atoms in total. The SMILES string of the molecule is Cc1nc([P+](c2ccccc2)(c2ccccc2)c2ccccc2)nc2ccccc12. The molecule has 0 amide bonds. The Morgan fingerprint density at radius 3 is 1.43 bits per heavy atom. The smallest absolute Gasteiger partial charge is 0.200 e. The van der Waals surface area contributed by atoms with Gasteiger partial charge in [0.05, 0.1) is 11.2 Å². The molecule has 0 aliphatic rings. The summed E-state index contributed by atoms with van der Waals surface area (Å²) in [6.07, 6.45) is 0. The van der Waals surface area contributed by atoms with Gasteiger partial charge in [-0.2, -0.15) is 9.97 Å². The Bertz CT molecular complexity index is 1190. The number of nitrogens with zero attached hydrogens (tertiary/aromatic N) is 2. The number of fused-ring (bicyclic) bond motifs is 1. The van der Waals surface area contributed by atoms with E-state index in [1.807, 2.05) is 12.1 Å². The molecule has 1 aromatic heterocycles. The molecule has 5 rings (SSSR count). The molecule has 0 bridgehead atoms. The van der Waals surface area contributed by atoms with E-state index in [-0.39, 0.29) is 0 Å². The number of rotatable bonds is 4. The predicted octanol–water partition coefficient (Wildman–Crippen LogP) is 4.56. The second kappa shape index (κ2) is 7.82. The van der Waals surface area contributed by atoms with Crippen molar-refractivity contribution in [2.24, 2.45) is 0 Å². The highest BCUT2D eigenvalue weighted by Crippen LogP contribution is 2.53. The highest BCUT2D eigenvalue weighted by atomic mass is 31.2. The van der Waals surface area contributed by atoms with Crippen LogP contribution in [0.5, 0.6) is 0 Å². The lowest BCUT2D eigenvalue weighted by Gasteiger charge is -2.25. The minimum absolute atomic E-state index is 0.905. The summed E-state index contributed by atoms with van der Waals surface area (Å²) < 4.78 is 0. The van der Waals surface area contributed by atoms with Crippen LogP contribution in [0.25, 0.3) is 10.9 Å². The van der Waals surface area contributed by atoms with E-state index in [2.05, 4.69) is 110 Å². The number of hydrogen-bond acceptors (Lipinski definition) is 2. The molecular formula is C27H22N2P+. The van der Waals surface area contributed by atoms with Crippen molar-refractivity contribution in [1.82, 2.24) is 9.97 Å². The first kappa shape index (κ1) is 18.7. The second-order valence-corrected chi connectivity index (χ2v) is 10.6. The van der Waals surface area contributed by atoms with Crippen molar-refractivity contribution in [3.63, 3.8) is 0 Å². The van der Waals surface area contributed by atoms with E-state index in [1.165, 1.54) is 15.9 Å². The number of hydrogen-bond donors (Lipinski definition) is 0. The summed E-state index contributed by atoms with van der Waals surface area (Å²) in [6, 6.07) is 40.5. The maximum absolute atomic E-state index is 5.18. The molecule has 0 N–H and O–H groups in total. The lowest BCUT2D eigenvalue weighted by atomic mass is 10.2. The first-order valence-electron chi connectivity index (χ1n) is 10.1. The van der Waals surface area contributed by atoms with Crippen LogP contribution in [0.3, 0.4) is 0 Å². The molecule has 0 radical (unpaired) electrons. The summed E-state index contributed by atoms with van der Waals surface area (Å²) in [6.45, 7) is 2.09. The average molecular weight is 405 g/mol. The molecule has 5 aromatic rings. The van der Waals surface area contributed by atoms with E-state index >= 15 is 0 Å². The van der Waals surface area contributed by atoms with Gasteiger partial charge >= 0.3 is 0 Å². The average Bonchev–Trinajstić information content (AvgIpc) is 2.82. The van der Waals surface area contributed by atoms with Crippen molar-refractivity contribution in [1.29, 1.82) is 0 Å². The van der Waals surface area contributed by atoms with E-state index < -0.39 is 7.26 Å². The van der Waals surface area contributed by atoms with Crippen LogP contribution >= 0.6 is 7.26 Å². The highest BCUT2D eigenvalue weighted by molar-refractivity contribution is 8.01. The van der Waals surface area contributed by atoms with Gasteiger partial charge in [0.2, 0.25) is 0 Å². The third kappa shape index (κ3) is 3.01. The molecule has 4 aromatic carbocycles. The van der Waals surface area contributed by atoms with Gasteiger partial charge in [0.25, 0.3) is 5.57 Å². The molecule has 0 unspecified atom stereocenters. The van der Waals surface area contributed by atoms with Gasteiger partial charge in [0.1, 0.15) is 15.9 Å². The standard InChI is InChI=1S/C27H22N2P/c1-21-25-19-11-12-20-26(25)29-27(28-21)30(22-13-5-2-6-14-22,23-15-7-3-8-16-23)24-17-9-4-10-18-24/h2-20H,1H3/q+1. The van der Waals surface area contributed by atoms with Crippen LogP contribution in [0.1, 0.15) is 5.69 Å². The molecule has 30 heavy (non-hydrogen) atoms. The zero-order valence-corrected chi connectivity index (χ0v) is 17.7. The fourth-order valence-corrected chi connectivity index (χ4v) is 8.12. The molecule has 3 heteroatoms. The van der Waals surface area contributed by atoms with Crippen LogP contribution in [0.15, 0.2) is 115 Å². The highest BCUT2D eigenvalue weighted by Gasteiger charge is 2.51. The number of para-hydroxylation sites is 1. The minimum atomic E-state index is -2.26. The van der Waals surface area contributed by atoms with Crippen molar-refractivity contribution in [2.45, 2.75) is 6.92 Å². The molecule has 1 heterocycles. The Labute approximate surface area is 177 Å². The fraction of sp³-hybridized carbons (Fsp3) is 0.0370. The largest absolute Gasteiger partial charge is 0.293 e. The zero-order chi connectivity index (χ0) is 20.4. The molecule has 0 atom stereocenters. The zero-order valence-electron chi connectivity index (χ0n) is 16.8. The van der Waals surface area contributed by atoms with Gasteiger partial charge in [-0.15, -0.1) is 0 Å². The third-order valence-electron chi connectivity index (χ3n) is 5.51. The van der Waals surface area contributed by atoms with Crippen molar-refractivity contribution in [3.05, 3.63) is 121 Å². The van der Waals surface area contributed by atoms with E-state index in [0.29, 0.717) is 0 Å². The molecule has 0 saturated heterocycles. The van der Waals surface area contributed by atoms with Gasteiger partial charge in [-0.25, -0.2) is 0 Å². The summed E-state index contributed by atoms with van der Waals surface area (Å²) in [5, 5.41) is 4.89. The molecule has 0 aliphatic heterocycles. The van der Waals surface area contributed by atoms with Gasteiger partial charge in [0.15, 0.2) is 7.26 Å². The topological polar surface area (TPSA) is 25.8 Å². The van der Waals surface area contributed by atoms with Crippen LogP contribution in [0.4, 0.5) is 0 Å².